The van der Waals surface area contributed by atoms with Crippen LogP contribution in [0.5, 0.6) is 0 Å². The Hall–Kier alpha value is -3.29. The minimum absolute atomic E-state index is 0.304. The number of rotatable bonds is 6. The first-order valence-electron chi connectivity index (χ1n) is 8.19. The van der Waals surface area contributed by atoms with Gasteiger partial charge in [0.15, 0.2) is 0 Å². The number of aromatic nitrogens is 1. The first kappa shape index (κ1) is 19.0. The lowest BCUT2D eigenvalue weighted by atomic mass is 10.2. The average Bonchev–Trinajstić information content (AvgIpc) is 2.62. The van der Waals surface area contributed by atoms with Crippen LogP contribution in [0.2, 0.25) is 0 Å². The van der Waals surface area contributed by atoms with E-state index in [0.29, 0.717) is 24.5 Å². The number of nitrogens with zero attached hydrogens (tertiary/aromatic N) is 2. The molecule has 0 saturated carbocycles. The first-order valence-corrected chi connectivity index (χ1v) is 8.19. The van der Waals surface area contributed by atoms with Gasteiger partial charge in [0.1, 0.15) is 5.82 Å². The number of nitrogens with one attached hydrogen (secondary N) is 3. The summed E-state index contributed by atoms with van der Waals surface area (Å²) in [6, 6.07) is 10.2. The molecule has 0 unspecified atom stereocenters. The maximum atomic E-state index is 12.1. The van der Waals surface area contributed by atoms with Crippen molar-refractivity contribution in [3.05, 3.63) is 48.2 Å². The molecule has 1 aromatic carbocycles. The molecule has 8 nitrogen and oxygen atoms in total. The Morgan fingerprint density at radius 3 is 2.35 bits per heavy atom. The minimum atomic E-state index is -0.515. The van der Waals surface area contributed by atoms with Gasteiger partial charge in [-0.15, -0.1) is 0 Å². The van der Waals surface area contributed by atoms with Crippen LogP contribution in [0.1, 0.15) is 12.5 Å². The second-order valence-corrected chi connectivity index (χ2v) is 5.61. The zero-order valence-corrected chi connectivity index (χ0v) is 15.1. The van der Waals surface area contributed by atoms with Crippen LogP contribution >= 0.6 is 0 Å². The molecule has 2 aromatic rings. The first-order chi connectivity index (χ1) is 12.5. The van der Waals surface area contributed by atoms with Crippen LogP contribution in [-0.2, 0) is 11.3 Å². The third-order valence-electron chi connectivity index (χ3n) is 3.40. The molecule has 3 amide bonds. The Kier molecular flexibility index (Phi) is 6.78. The Morgan fingerprint density at radius 2 is 1.73 bits per heavy atom. The fourth-order valence-corrected chi connectivity index (χ4v) is 2.24. The lowest BCUT2D eigenvalue weighted by Gasteiger charge is -2.16. The number of hydrogen-bond donors (Lipinski definition) is 3. The molecular formula is C18H23N5O3. The van der Waals surface area contributed by atoms with E-state index < -0.39 is 6.09 Å². The maximum absolute atomic E-state index is 12.1. The van der Waals surface area contributed by atoms with Crippen molar-refractivity contribution in [2.75, 3.05) is 36.2 Å². The number of ether oxygens (including phenoxy) is 1. The fraction of sp³-hybridized carbons (Fsp3) is 0.278. The third kappa shape index (κ3) is 5.66. The molecule has 0 fully saturated rings. The van der Waals surface area contributed by atoms with Gasteiger partial charge >= 0.3 is 12.1 Å². The Morgan fingerprint density at radius 1 is 1.08 bits per heavy atom. The van der Waals surface area contributed by atoms with Gasteiger partial charge in [-0.2, -0.15) is 0 Å². The summed E-state index contributed by atoms with van der Waals surface area (Å²) < 4.78 is 4.80. The Labute approximate surface area is 152 Å². The highest BCUT2D eigenvalue weighted by molar-refractivity contribution is 5.90. The van der Waals surface area contributed by atoms with Gasteiger partial charge in [-0.25, -0.2) is 14.6 Å². The van der Waals surface area contributed by atoms with Crippen LogP contribution in [0, 0.1) is 0 Å². The molecule has 0 aliphatic heterocycles. The van der Waals surface area contributed by atoms with Gasteiger partial charge < -0.3 is 20.3 Å². The van der Waals surface area contributed by atoms with E-state index in [4.69, 9.17) is 4.74 Å². The monoisotopic (exact) mass is 357 g/mol. The van der Waals surface area contributed by atoms with Crippen molar-refractivity contribution in [3.63, 3.8) is 0 Å². The molecule has 138 valence electrons. The van der Waals surface area contributed by atoms with Crippen LogP contribution in [0.4, 0.5) is 26.8 Å². The van der Waals surface area contributed by atoms with E-state index in [2.05, 4.69) is 20.9 Å². The molecule has 0 bridgehead atoms. The fourth-order valence-electron chi connectivity index (χ4n) is 2.24. The molecule has 1 heterocycles. The topological polar surface area (TPSA) is 95.6 Å². The van der Waals surface area contributed by atoms with Gasteiger partial charge in [0.25, 0.3) is 0 Å². The van der Waals surface area contributed by atoms with Crippen molar-refractivity contribution in [2.24, 2.45) is 0 Å². The van der Waals surface area contributed by atoms with Gasteiger partial charge in [-0.05, 0) is 37.3 Å². The van der Waals surface area contributed by atoms with Crippen LogP contribution in [0.25, 0.3) is 0 Å². The third-order valence-corrected chi connectivity index (χ3v) is 3.40. The maximum Gasteiger partial charge on any atom is 0.411 e. The molecule has 0 aliphatic rings. The van der Waals surface area contributed by atoms with E-state index in [0.717, 1.165) is 11.4 Å². The van der Waals surface area contributed by atoms with E-state index in [1.807, 2.05) is 31.1 Å². The van der Waals surface area contributed by atoms with Crippen LogP contribution in [-0.4, -0.2) is 37.8 Å². The largest absolute Gasteiger partial charge is 0.450 e. The predicted octanol–water partition coefficient (Wildman–Crippen LogP) is 3.04. The van der Waals surface area contributed by atoms with E-state index in [-0.39, 0.29) is 6.03 Å². The summed E-state index contributed by atoms with van der Waals surface area (Å²) in [6.07, 6.45) is 1.20. The van der Waals surface area contributed by atoms with Gasteiger partial charge in [0, 0.05) is 43.8 Å². The van der Waals surface area contributed by atoms with Crippen molar-refractivity contribution < 1.29 is 14.3 Å². The second kappa shape index (κ2) is 9.26. The van der Waals surface area contributed by atoms with Gasteiger partial charge in [0.05, 0.1) is 6.61 Å². The quantitative estimate of drug-likeness (QED) is 0.738. The van der Waals surface area contributed by atoms with Crippen LogP contribution < -0.4 is 20.9 Å². The average molecular weight is 357 g/mol. The van der Waals surface area contributed by atoms with Crippen molar-refractivity contribution >= 4 is 29.3 Å². The molecule has 1 aromatic heterocycles. The summed E-state index contributed by atoms with van der Waals surface area (Å²) in [6.45, 7) is 2.39. The zero-order valence-electron chi connectivity index (χ0n) is 15.1. The van der Waals surface area contributed by atoms with E-state index >= 15 is 0 Å². The van der Waals surface area contributed by atoms with Gasteiger partial charge in [-0.1, -0.05) is 6.07 Å². The lowest BCUT2D eigenvalue weighted by Crippen LogP contribution is -2.29. The van der Waals surface area contributed by atoms with Crippen molar-refractivity contribution in [1.29, 1.82) is 0 Å². The van der Waals surface area contributed by atoms with Crippen LogP contribution in [0.3, 0.4) is 0 Å². The number of amides is 3. The lowest BCUT2D eigenvalue weighted by molar-refractivity contribution is 0.168. The number of benzene rings is 1. The summed E-state index contributed by atoms with van der Waals surface area (Å²) in [5.41, 5.74) is 2.11. The molecule has 0 saturated heterocycles. The van der Waals surface area contributed by atoms with Crippen molar-refractivity contribution in [1.82, 2.24) is 10.3 Å². The molecule has 0 spiro atoms. The van der Waals surface area contributed by atoms with Crippen molar-refractivity contribution in [2.45, 2.75) is 13.5 Å². The highest BCUT2D eigenvalue weighted by Gasteiger charge is 2.08. The van der Waals surface area contributed by atoms with Crippen molar-refractivity contribution in [3.8, 4) is 0 Å². The summed E-state index contributed by atoms with van der Waals surface area (Å²) in [5.74, 6) is 0.808. The highest BCUT2D eigenvalue weighted by atomic mass is 16.5. The second-order valence-electron chi connectivity index (χ2n) is 5.61. The van der Waals surface area contributed by atoms with E-state index in [1.165, 1.54) is 0 Å². The predicted molar refractivity (Wildman–Crippen MR) is 102 cm³/mol. The number of anilines is 3. The Balaban J connectivity index is 1.87. The number of hydrogen-bond acceptors (Lipinski definition) is 5. The number of pyridine rings is 1. The SMILES string of the molecule is CCOC(=O)Nc1ccc(NC(=O)NCc2cccnc2N(C)C)cc1. The van der Waals surface area contributed by atoms with Gasteiger partial charge in [0.2, 0.25) is 0 Å². The molecule has 0 atom stereocenters. The number of carbonyl (C=O) groups is 2. The number of urea groups is 1. The Bertz CT molecular complexity index is 747. The van der Waals surface area contributed by atoms with E-state index in [9.17, 15) is 9.59 Å². The minimum Gasteiger partial charge on any atom is -0.450 e. The summed E-state index contributed by atoms with van der Waals surface area (Å²) >= 11 is 0. The normalized spacial score (nSPS) is 9.96. The van der Waals surface area contributed by atoms with Crippen LogP contribution in [0.15, 0.2) is 42.6 Å². The number of carbonyl (C=O) groups excluding carboxylic acids is 2. The molecule has 8 heteroatoms. The molecular weight excluding hydrogens is 334 g/mol. The summed E-state index contributed by atoms with van der Waals surface area (Å²) in [7, 11) is 3.80. The molecule has 2 rings (SSSR count). The molecule has 3 N–H and O–H groups in total. The van der Waals surface area contributed by atoms with E-state index in [1.54, 1.807) is 37.4 Å². The smallest absolute Gasteiger partial charge is 0.411 e. The molecule has 0 radical (unpaired) electrons. The molecule has 26 heavy (non-hydrogen) atoms. The highest BCUT2D eigenvalue weighted by Crippen LogP contribution is 2.15. The summed E-state index contributed by atoms with van der Waals surface area (Å²) in [5, 5.41) is 8.12. The standard InChI is InChI=1S/C18H23N5O3/c1-4-26-18(25)22-15-9-7-14(8-10-15)21-17(24)20-12-13-6-5-11-19-16(13)23(2)3/h5-11H,4,12H2,1-3H3,(H,22,25)(H2,20,21,24). The molecule has 0 aliphatic carbocycles. The van der Waals surface area contributed by atoms with Gasteiger partial charge in [-0.3, -0.25) is 5.32 Å². The summed E-state index contributed by atoms with van der Waals surface area (Å²) in [4.78, 5) is 29.6. The zero-order chi connectivity index (χ0) is 18.9.